The van der Waals surface area contributed by atoms with Crippen molar-refractivity contribution in [2.75, 3.05) is 0 Å². The Hall–Kier alpha value is -0.290. The Morgan fingerprint density at radius 2 is 1.07 bits per heavy atom. The van der Waals surface area contributed by atoms with Gasteiger partial charge in [-0.3, -0.25) is 0 Å². The fourth-order valence-electron chi connectivity index (χ4n) is 6.54. The zero-order valence-corrected chi connectivity index (χ0v) is 18.8. The van der Waals surface area contributed by atoms with Crippen LogP contribution in [-0.4, -0.2) is 36.6 Å². The Labute approximate surface area is 171 Å². The van der Waals surface area contributed by atoms with Gasteiger partial charge in [-0.15, -0.1) is 0 Å². The van der Waals surface area contributed by atoms with E-state index in [1.54, 1.807) is 0 Å². The average molecular weight is 386 g/mol. The molecule has 2 heterocycles. The van der Waals surface area contributed by atoms with E-state index >= 15 is 0 Å². The number of allylic oxidation sites excluding steroid dienone is 2. The molecule has 0 spiro atoms. The van der Waals surface area contributed by atoms with Crippen LogP contribution in [-0.2, 0) is 18.6 Å². The number of hydrogen-bond acceptors (Lipinski definition) is 4. The van der Waals surface area contributed by atoms with Gasteiger partial charge in [0, 0.05) is 0 Å². The molecule has 4 fully saturated rings. The van der Waals surface area contributed by atoms with Gasteiger partial charge in [-0.2, -0.15) is 0 Å². The van der Waals surface area contributed by atoms with E-state index in [2.05, 4.69) is 67.5 Å². The maximum Gasteiger partial charge on any atom is 0.461 e. The molecular formula is C22H36B2O4. The van der Waals surface area contributed by atoms with Crippen LogP contribution in [0.1, 0.15) is 68.2 Å². The Kier molecular flexibility index (Phi) is 3.99. The van der Waals surface area contributed by atoms with Crippen LogP contribution in [0.2, 0.25) is 11.6 Å². The Morgan fingerprint density at radius 3 is 1.54 bits per heavy atom. The molecule has 28 heavy (non-hydrogen) atoms. The van der Waals surface area contributed by atoms with Crippen molar-refractivity contribution in [2.24, 2.45) is 23.7 Å². The Morgan fingerprint density at radius 1 is 0.643 bits per heavy atom. The summed E-state index contributed by atoms with van der Waals surface area (Å²) in [6.07, 6.45) is 7.32. The van der Waals surface area contributed by atoms with Crippen LogP contribution in [0.3, 0.4) is 0 Å². The highest BCUT2D eigenvalue weighted by molar-refractivity contribution is 6.55. The molecule has 6 heteroatoms. The lowest BCUT2D eigenvalue weighted by atomic mass is 9.46. The second kappa shape index (κ2) is 5.69. The predicted octanol–water partition coefficient (Wildman–Crippen LogP) is 4.75. The normalized spacial score (nSPS) is 46.6. The number of rotatable bonds is 2. The quantitative estimate of drug-likeness (QED) is 0.507. The van der Waals surface area contributed by atoms with Crippen LogP contribution in [0, 0.1) is 23.7 Å². The first-order valence-corrected chi connectivity index (χ1v) is 11.2. The maximum absolute atomic E-state index is 6.59. The van der Waals surface area contributed by atoms with Gasteiger partial charge in [0.1, 0.15) is 0 Å². The van der Waals surface area contributed by atoms with E-state index < -0.39 is 0 Å². The molecule has 0 amide bonds. The summed E-state index contributed by atoms with van der Waals surface area (Å²) in [6, 6.07) is 0. The first-order valence-electron chi connectivity index (χ1n) is 11.2. The van der Waals surface area contributed by atoms with Crippen molar-refractivity contribution < 1.29 is 18.6 Å². The fraction of sp³-hybridized carbons (Fsp3) is 0.909. The summed E-state index contributed by atoms with van der Waals surface area (Å²) in [5.41, 5.74) is -1.20. The summed E-state index contributed by atoms with van der Waals surface area (Å²) in [6.45, 7) is 17.2. The molecule has 2 aliphatic heterocycles. The SMILES string of the molecule is CC1(C)OB(C2C3CC(C4CC=CC43)C2B2OC(C)(C)C(C)(C)O2)OC1(C)C. The molecule has 2 saturated carbocycles. The van der Waals surface area contributed by atoms with E-state index in [1.807, 2.05) is 0 Å². The summed E-state index contributed by atoms with van der Waals surface area (Å²) >= 11 is 0. The molecule has 0 radical (unpaired) electrons. The molecule has 2 bridgehead atoms. The molecule has 2 saturated heterocycles. The van der Waals surface area contributed by atoms with Gasteiger partial charge < -0.3 is 18.6 Å². The molecule has 0 N–H and O–H groups in total. The molecule has 154 valence electrons. The minimum Gasteiger partial charge on any atom is -0.403 e. The lowest BCUT2D eigenvalue weighted by Gasteiger charge is -2.39. The third-order valence-corrected chi connectivity index (χ3v) is 9.45. The number of hydrogen-bond donors (Lipinski definition) is 0. The summed E-state index contributed by atoms with van der Waals surface area (Å²) in [7, 11) is -0.357. The van der Waals surface area contributed by atoms with Crippen molar-refractivity contribution >= 4 is 14.2 Å². The topological polar surface area (TPSA) is 36.9 Å². The van der Waals surface area contributed by atoms with Gasteiger partial charge in [0.2, 0.25) is 0 Å². The van der Waals surface area contributed by atoms with E-state index in [-0.39, 0.29) is 36.6 Å². The van der Waals surface area contributed by atoms with E-state index in [0.29, 0.717) is 29.4 Å². The Bertz CT molecular complexity index is 669. The van der Waals surface area contributed by atoms with Crippen molar-refractivity contribution in [2.45, 2.75) is 102 Å². The molecule has 5 aliphatic rings. The summed E-state index contributed by atoms with van der Waals surface area (Å²) in [4.78, 5) is 0. The third-order valence-electron chi connectivity index (χ3n) is 9.45. The van der Waals surface area contributed by atoms with E-state index in [9.17, 15) is 0 Å². The third kappa shape index (κ3) is 2.47. The van der Waals surface area contributed by atoms with Gasteiger partial charge in [-0.1, -0.05) is 12.2 Å². The molecule has 0 aromatic rings. The van der Waals surface area contributed by atoms with Crippen molar-refractivity contribution in [3.05, 3.63) is 12.2 Å². The molecular weight excluding hydrogens is 350 g/mol. The minimum atomic E-state index is -0.301. The first kappa shape index (κ1) is 19.7. The Balaban J connectivity index is 1.49. The molecule has 0 aromatic carbocycles. The maximum atomic E-state index is 6.59. The van der Waals surface area contributed by atoms with Crippen LogP contribution in [0.4, 0.5) is 0 Å². The highest BCUT2D eigenvalue weighted by Crippen LogP contribution is 2.70. The zero-order valence-electron chi connectivity index (χ0n) is 18.8. The number of fused-ring (bicyclic) bond motifs is 5. The smallest absolute Gasteiger partial charge is 0.403 e. The van der Waals surface area contributed by atoms with Crippen molar-refractivity contribution in [1.29, 1.82) is 0 Å². The molecule has 5 rings (SSSR count). The first-order chi connectivity index (χ1) is 12.8. The lowest BCUT2D eigenvalue weighted by molar-refractivity contribution is 0.00578. The lowest BCUT2D eigenvalue weighted by Crippen LogP contribution is -2.43. The van der Waals surface area contributed by atoms with Crippen LogP contribution in [0.5, 0.6) is 0 Å². The van der Waals surface area contributed by atoms with Gasteiger partial charge in [-0.05, 0) is 104 Å². The van der Waals surface area contributed by atoms with Crippen LogP contribution >= 0.6 is 0 Å². The largest absolute Gasteiger partial charge is 0.461 e. The van der Waals surface area contributed by atoms with Gasteiger partial charge in [0.25, 0.3) is 0 Å². The molecule has 3 aliphatic carbocycles. The minimum absolute atomic E-state index is 0.175. The van der Waals surface area contributed by atoms with Gasteiger partial charge in [0.05, 0.1) is 22.4 Å². The summed E-state index contributed by atoms with van der Waals surface area (Å²) in [5, 5.41) is 0. The second-order valence-electron chi connectivity index (χ2n) is 11.9. The van der Waals surface area contributed by atoms with Crippen LogP contribution in [0.15, 0.2) is 12.2 Å². The zero-order chi connectivity index (χ0) is 20.3. The monoisotopic (exact) mass is 386 g/mol. The van der Waals surface area contributed by atoms with E-state index in [0.717, 1.165) is 5.92 Å². The summed E-state index contributed by atoms with van der Waals surface area (Å²) < 4.78 is 26.3. The molecule has 0 aromatic heterocycles. The fourth-order valence-corrected chi connectivity index (χ4v) is 6.54. The van der Waals surface area contributed by atoms with Crippen molar-refractivity contribution in [3.8, 4) is 0 Å². The van der Waals surface area contributed by atoms with Crippen molar-refractivity contribution in [1.82, 2.24) is 0 Å². The second-order valence-corrected chi connectivity index (χ2v) is 11.9. The van der Waals surface area contributed by atoms with Gasteiger partial charge in [-0.25, -0.2) is 0 Å². The van der Waals surface area contributed by atoms with E-state index in [4.69, 9.17) is 18.6 Å². The van der Waals surface area contributed by atoms with Gasteiger partial charge >= 0.3 is 14.2 Å². The van der Waals surface area contributed by atoms with E-state index in [1.165, 1.54) is 12.8 Å². The standard InChI is InChI=1S/C22H36B2O4/c1-19(2)20(3,4)26-23(25-19)17-15-12-16(14-11-9-10-13(14)15)18(17)24-27-21(5,6)22(7,8)28-24/h9-10,13-18H,11-12H2,1-8H3. The summed E-state index contributed by atoms with van der Waals surface area (Å²) in [5.74, 6) is 3.31. The van der Waals surface area contributed by atoms with Gasteiger partial charge in [0.15, 0.2) is 0 Å². The molecule has 4 nitrogen and oxygen atoms in total. The highest BCUT2D eigenvalue weighted by atomic mass is 16.7. The van der Waals surface area contributed by atoms with Crippen LogP contribution in [0.25, 0.3) is 0 Å². The molecule has 6 unspecified atom stereocenters. The highest BCUT2D eigenvalue weighted by Gasteiger charge is 2.70. The molecule has 6 atom stereocenters. The van der Waals surface area contributed by atoms with Crippen LogP contribution < -0.4 is 0 Å². The predicted molar refractivity (Wildman–Crippen MR) is 112 cm³/mol. The average Bonchev–Trinajstić information content (AvgIpc) is 3.27. The van der Waals surface area contributed by atoms with Crippen molar-refractivity contribution in [3.63, 3.8) is 0 Å².